The first-order valence-electron chi connectivity index (χ1n) is 7.62. The summed E-state index contributed by atoms with van der Waals surface area (Å²) in [5.74, 6) is 0.876. The third-order valence-corrected chi connectivity index (χ3v) is 5.16. The van der Waals surface area contributed by atoms with Crippen LogP contribution in [-0.4, -0.2) is 36.6 Å². The van der Waals surface area contributed by atoms with Gasteiger partial charge in [0.15, 0.2) is 0 Å². The van der Waals surface area contributed by atoms with Crippen LogP contribution in [0.25, 0.3) is 0 Å². The van der Waals surface area contributed by atoms with E-state index in [2.05, 4.69) is 5.32 Å². The van der Waals surface area contributed by atoms with E-state index in [-0.39, 0.29) is 11.8 Å². The van der Waals surface area contributed by atoms with Crippen molar-refractivity contribution in [2.45, 2.75) is 11.4 Å². The van der Waals surface area contributed by atoms with Crippen molar-refractivity contribution in [3.05, 3.63) is 52.5 Å². The summed E-state index contributed by atoms with van der Waals surface area (Å²) in [6.07, 6.45) is 0. The van der Waals surface area contributed by atoms with Gasteiger partial charge in [-0.15, -0.1) is 11.8 Å². The number of thioether (sulfide) groups is 1. The minimum atomic E-state index is -0.144. The lowest BCUT2D eigenvalue weighted by Gasteiger charge is -2.21. The summed E-state index contributed by atoms with van der Waals surface area (Å²) in [4.78, 5) is 26.8. The number of fused-ring (bicyclic) bond motifs is 1. The normalized spacial score (nSPS) is 13.0. The largest absolute Gasteiger partial charge is 0.496 e. The molecule has 1 aliphatic rings. The highest BCUT2D eigenvalue weighted by Gasteiger charge is 2.19. The van der Waals surface area contributed by atoms with E-state index in [0.29, 0.717) is 34.3 Å². The first kappa shape index (κ1) is 17.6. The smallest absolute Gasteiger partial charge is 0.253 e. The molecule has 0 aromatic heterocycles. The van der Waals surface area contributed by atoms with Crippen LogP contribution in [0.15, 0.2) is 41.3 Å². The predicted molar refractivity (Wildman–Crippen MR) is 99.6 cm³/mol. The fourth-order valence-corrected chi connectivity index (χ4v) is 3.62. The molecule has 0 radical (unpaired) electrons. The van der Waals surface area contributed by atoms with Crippen LogP contribution >= 0.6 is 23.4 Å². The molecule has 5 nitrogen and oxygen atoms in total. The number of methoxy groups -OCH3 is 1. The number of nitrogens with zero attached hydrogens (tertiary/aromatic N) is 1. The molecule has 0 saturated heterocycles. The van der Waals surface area contributed by atoms with Crippen LogP contribution < -0.4 is 10.1 Å². The van der Waals surface area contributed by atoms with Gasteiger partial charge in [0, 0.05) is 34.6 Å². The minimum absolute atomic E-state index is 0.0564. The third-order valence-electron chi connectivity index (χ3n) is 3.86. The number of hydrogen-bond donors (Lipinski definition) is 1. The summed E-state index contributed by atoms with van der Waals surface area (Å²) in [6, 6.07) is 10.7. The minimum Gasteiger partial charge on any atom is -0.496 e. The Hall–Kier alpha value is -2.18. The van der Waals surface area contributed by atoms with Crippen LogP contribution in [0.2, 0.25) is 5.02 Å². The van der Waals surface area contributed by atoms with Crippen LogP contribution in [0.5, 0.6) is 5.75 Å². The van der Waals surface area contributed by atoms with Crippen LogP contribution in [0, 0.1) is 0 Å². The first-order chi connectivity index (χ1) is 12.0. The van der Waals surface area contributed by atoms with Gasteiger partial charge in [0.25, 0.3) is 5.91 Å². The van der Waals surface area contributed by atoms with Crippen molar-refractivity contribution < 1.29 is 14.3 Å². The number of halogens is 1. The summed E-state index contributed by atoms with van der Waals surface area (Å²) >= 11 is 7.51. The van der Waals surface area contributed by atoms with Gasteiger partial charge in [-0.1, -0.05) is 11.6 Å². The Kier molecular flexibility index (Phi) is 5.20. The van der Waals surface area contributed by atoms with Gasteiger partial charge in [0.1, 0.15) is 5.75 Å². The van der Waals surface area contributed by atoms with E-state index in [1.165, 1.54) is 11.8 Å². The van der Waals surface area contributed by atoms with Gasteiger partial charge < -0.3 is 15.0 Å². The monoisotopic (exact) mass is 376 g/mol. The number of anilines is 1. The highest BCUT2D eigenvalue weighted by atomic mass is 35.5. The van der Waals surface area contributed by atoms with Gasteiger partial charge in [0.2, 0.25) is 5.91 Å². The highest BCUT2D eigenvalue weighted by Crippen LogP contribution is 2.32. The Morgan fingerprint density at radius 1 is 1.32 bits per heavy atom. The van der Waals surface area contributed by atoms with Crippen molar-refractivity contribution in [1.29, 1.82) is 0 Å². The molecule has 0 aliphatic carbocycles. The number of carbonyl (C=O) groups excluding carboxylic acids is 2. The molecule has 25 heavy (non-hydrogen) atoms. The molecule has 2 aromatic carbocycles. The average molecular weight is 377 g/mol. The second-order valence-electron chi connectivity index (χ2n) is 5.67. The maximum Gasteiger partial charge on any atom is 0.253 e. The maximum atomic E-state index is 12.7. The number of carbonyl (C=O) groups is 2. The molecule has 0 bridgehead atoms. The Bertz CT molecular complexity index is 841. The second kappa shape index (κ2) is 7.37. The van der Waals surface area contributed by atoms with Crippen molar-refractivity contribution in [1.82, 2.24) is 4.90 Å². The number of hydrogen-bond acceptors (Lipinski definition) is 4. The van der Waals surface area contributed by atoms with E-state index in [4.69, 9.17) is 16.3 Å². The van der Waals surface area contributed by atoms with Crippen molar-refractivity contribution in [2.75, 3.05) is 25.2 Å². The molecule has 2 amide bonds. The lowest BCUT2D eigenvalue weighted by Crippen LogP contribution is -2.27. The first-order valence-corrected chi connectivity index (χ1v) is 8.99. The molecule has 1 aliphatic heterocycles. The summed E-state index contributed by atoms with van der Waals surface area (Å²) in [5.41, 5.74) is 2.03. The van der Waals surface area contributed by atoms with Crippen LogP contribution in [0.1, 0.15) is 15.9 Å². The molecule has 2 aromatic rings. The molecule has 130 valence electrons. The quantitative estimate of drug-likeness (QED) is 0.884. The molecular formula is C18H17ClN2O3S. The van der Waals surface area contributed by atoms with Crippen molar-refractivity contribution in [3.8, 4) is 5.75 Å². The summed E-state index contributed by atoms with van der Waals surface area (Å²) in [6.45, 7) is 0.362. The zero-order chi connectivity index (χ0) is 18.0. The molecule has 0 fully saturated rings. The topological polar surface area (TPSA) is 58.6 Å². The van der Waals surface area contributed by atoms with Gasteiger partial charge >= 0.3 is 0 Å². The van der Waals surface area contributed by atoms with E-state index < -0.39 is 0 Å². The summed E-state index contributed by atoms with van der Waals surface area (Å²) < 4.78 is 5.33. The van der Waals surface area contributed by atoms with E-state index in [1.54, 1.807) is 49.4 Å². The Labute approximate surface area is 155 Å². The number of benzene rings is 2. The lowest BCUT2D eigenvalue weighted by atomic mass is 10.1. The molecule has 3 rings (SSSR count). The second-order valence-corrected chi connectivity index (χ2v) is 7.12. The molecule has 7 heteroatoms. The van der Waals surface area contributed by atoms with Crippen molar-refractivity contribution in [2.24, 2.45) is 0 Å². The molecule has 0 atom stereocenters. The van der Waals surface area contributed by atoms with E-state index in [0.717, 1.165) is 10.5 Å². The summed E-state index contributed by atoms with van der Waals surface area (Å²) in [7, 11) is 3.30. The van der Waals surface area contributed by atoms with Gasteiger partial charge in [-0.3, -0.25) is 9.59 Å². The molecule has 0 saturated carbocycles. The predicted octanol–water partition coefficient (Wildman–Crippen LogP) is 3.67. The van der Waals surface area contributed by atoms with Crippen LogP contribution in [-0.2, 0) is 11.3 Å². The van der Waals surface area contributed by atoms with E-state index in [9.17, 15) is 9.59 Å². The molecular weight excluding hydrogens is 360 g/mol. The molecule has 0 spiro atoms. The van der Waals surface area contributed by atoms with Crippen LogP contribution in [0.3, 0.4) is 0 Å². The fraction of sp³-hybridized carbons (Fsp3) is 0.222. The van der Waals surface area contributed by atoms with Gasteiger partial charge in [-0.2, -0.15) is 0 Å². The van der Waals surface area contributed by atoms with Crippen molar-refractivity contribution >= 4 is 40.9 Å². The Morgan fingerprint density at radius 2 is 2.12 bits per heavy atom. The number of rotatable bonds is 4. The standard InChI is InChI=1S/C18H17ClN2O3S/c1-21(9-12-7-13(19)4-5-15(12)24-2)18(23)11-3-6-16-14(8-11)20-17(22)10-25-16/h3-8H,9-10H2,1-2H3,(H,20,22). The third kappa shape index (κ3) is 3.91. The fourth-order valence-electron chi connectivity index (χ4n) is 2.63. The SMILES string of the molecule is COc1ccc(Cl)cc1CN(C)C(=O)c1ccc2c(c1)NC(=O)CS2. The van der Waals surface area contributed by atoms with Gasteiger partial charge in [0.05, 0.1) is 18.6 Å². The maximum absolute atomic E-state index is 12.7. The van der Waals surface area contributed by atoms with E-state index in [1.807, 2.05) is 6.07 Å². The van der Waals surface area contributed by atoms with E-state index >= 15 is 0 Å². The van der Waals surface area contributed by atoms with Gasteiger partial charge in [-0.05, 0) is 36.4 Å². The zero-order valence-corrected chi connectivity index (χ0v) is 15.4. The Morgan fingerprint density at radius 3 is 2.88 bits per heavy atom. The van der Waals surface area contributed by atoms with Gasteiger partial charge in [-0.25, -0.2) is 0 Å². The van der Waals surface area contributed by atoms with Crippen LogP contribution in [0.4, 0.5) is 5.69 Å². The number of nitrogens with one attached hydrogen (secondary N) is 1. The molecule has 0 unspecified atom stereocenters. The summed E-state index contributed by atoms with van der Waals surface area (Å²) in [5, 5.41) is 3.39. The zero-order valence-electron chi connectivity index (χ0n) is 13.8. The highest BCUT2D eigenvalue weighted by molar-refractivity contribution is 8.00. The Balaban J connectivity index is 1.80. The number of amides is 2. The average Bonchev–Trinajstić information content (AvgIpc) is 2.60. The molecule has 1 heterocycles. The molecule has 1 N–H and O–H groups in total. The van der Waals surface area contributed by atoms with Crippen molar-refractivity contribution in [3.63, 3.8) is 0 Å². The number of ether oxygens (including phenoxy) is 1. The lowest BCUT2D eigenvalue weighted by molar-refractivity contribution is -0.113.